The predicted molar refractivity (Wildman–Crippen MR) is 106 cm³/mol. The number of nitrogens with one attached hydrogen (secondary N) is 1. The highest BCUT2D eigenvalue weighted by molar-refractivity contribution is 6.02. The van der Waals surface area contributed by atoms with Gasteiger partial charge in [0.25, 0.3) is 11.6 Å². The van der Waals surface area contributed by atoms with Gasteiger partial charge in [-0.1, -0.05) is 6.07 Å². The van der Waals surface area contributed by atoms with Crippen molar-refractivity contribution in [3.63, 3.8) is 0 Å². The van der Waals surface area contributed by atoms with Crippen molar-refractivity contribution in [2.75, 3.05) is 5.32 Å². The highest BCUT2D eigenvalue weighted by Crippen LogP contribution is 2.27. The second-order valence-electron chi connectivity index (χ2n) is 6.46. The number of hydrogen-bond acceptors (Lipinski definition) is 6. The van der Waals surface area contributed by atoms with Crippen LogP contribution >= 0.6 is 0 Å². The molecular weight excluding hydrogens is 376 g/mol. The largest absolute Gasteiger partial charge is 0.491 e. The van der Waals surface area contributed by atoms with Crippen LogP contribution in [-0.2, 0) is 6.61 Å². The summed E-state index contributed by atoms with van der Waals surface area (Å²) in [5.41, 5.74) is 1.04. The van der Waals surface area contributed by atoms with Gasteiger partial charge in [0, 0.05) is 29.4 Å². The monoisotopic (exact) mass is 396 g/mol. The van der Waals surface area contributed by atoms with E-state index < -0.39 is 4.92 Å². The van der Waals surface area contributed by atoms with E-state index in [1.807, 2.05) is 13.8 Å². The number of furan rings is 1. The van der Waals surface area contributed by atoms with E-state index in [0.29, 0.717) is 22.7 Å². The third-order valence-electron chi connectivity index (χ3n) is 3.85. The van der Waals surface area contributed by atoms with Crippen LogP contribution in [-0.4, -0.2) is 16.9 Å². The zero-order chi connectivity index (χ0) is 20.8. The van der Waals surface area contributed by atoms with Gasteiger partial charge < -0.3 is 19.2 Å². The van der Waals surface area contributed by atoms with Gasteiger partial charge in [-0.15, -0.1) is 0 Å². The van der Waals surface area contributed by atoms with Crippen LogP contribution in [0.15, 0.2) is 65.3 Å². The highest BCUT2D eigenvalue weighted by atomic mass is 16.6. The molecule has 1 amide bonds. The van der Waals surface area contributed by atoms with Crippen LogP contribution < -0.4 is 14.8 Å². The first kappa shape index (κ1) is 19.9. The normalized spacial score (nSPS) is 10.6. The molecule has 2 aromatic carbocycles. The number of hydrogen-bond donors (Lipinski definition) is 1. The summed E-state index contributed by atoms with van der Waals surface area (Å²) in [6.45, 7) is 3.81. The first-order valence-corrected chi connectivity index (χ1v) is 8.94. The van der Waals surface area contributed by atoms with Crippen molar-refractivity contribution >= 4 is 17.3 Å². The predicted octanol–water partition coefficient (Wildman–Crippen LogP) is 4.81. The Morgan fingerprint density at radius 1 is 1.17 bits per heavy atom. The lowest BCUT2D eigenvalue weighted by atomic mass is 10.2. The zero-order valence-corrected chi connectivity index (χ0v) is 16.0. The van der Waals surface area contributed by atoms with E-state index >= 15 is 0 Å². The molecule has 1 heterocycles. The molecule has 150 valence electrons. The molecule has 0 fully saturated rings. The number of carbonyl (C=O) groups excluding carboxylic acids is 1. The summed E-state index contributed by atoms with van der Waals surface area (Å²) >= 11 is 0. The molecule has 1 N–H and O–H groups in total. The van der Waals surface area contributed by atoms with Crippen molar-refractivity contribution in [2.45, 2.75) is 26.6 Å². The fraction of sp³-hybridized carbons (Fsp3) is 0.190. The quantitative estimate of drug-likeness (QED) is 0.433. The molecule has 0 saturated carbocycles. The number of ether oxygens (including phenoxy) is 2. The number of anilines is 1. The molecule has 3 aromatic rings. The molecule has 0 spiro atoms. The Bertz CT molecular complexity index is 998. The zero-order valence-electron chi connectivity index (χ0n) is 16.0. The van der Waals surface area contributed by atoms with Crippen LogP contribution in [0.25, 0.3) is 0 Å². The van der Waals surface area contributed by atoms with Crippen molar-refractivity contribution < 1.29 is 23.6 Å². The summed E-state index contributed by atoms with van der Waals surface area (Å²) in [5, 5.41) is 13.8. The summed E-state index contributed by atoms with van der Waals surface area (Å²) in [6.07, 6.45) is 1.33. The molecule has 8 heteroatoms. The van der Waals surface area contributed by atoms with Crippen LogP contribution in [0.4, 0.5) is 11.4 Å². The van der Waals surface area contributed by atoms with E-state index in [-0.39, 0.29) is 30.1 Å². The lowest BCUT2D eigenvalue weighted by molar-refractivity contribution is -0.385. The second-order valence-corrected chi connectivity index (χ2v) is 6.46. The van der Waals surface area contributed by atoms with Crippen LogP contribution in [0.2, 0.25) is 0 Å². The molecule has 29 heavy (non-hydrogen) atoms. The average Bonchev–Trinajstić information content (AvgIpc) is 3.22. The topological polar surface area (TPSA) is 104 Å². The van der Waals surface area contributed by atoms with Gasteiger partial charge >= 0.3 is 0 Å². The van der Waals surface area contributed by atoms with Gasteiger partial charge in [-0.3, -0.25) is 14.9 Å². The molecule has 0 aliphatic rings. The van der Waals surface area contributed by atoms with Gasteiger partial charge in [-0.05, 0) is 44.2 Å². The second kappa shape index (κ2) is 8.92. The van der Waals surface area contributed by atoms with E-state index in [2.05, 4.69) is 5.32 Å². The van der Waals surface area contributed by atoms with Crippen molar-refractivity contribution in [3.8, 4) is 11.5 Å². The van der Waals surface area contributed by atoms with Crippen molar-refractivity contribution in [2.24, 2.45) is 0 Å². The van der Waals surface area contributed by atoms with Gasteiger partial charge in [-0.25, -0.2) is 0 Å². The van der Waals surface area contributed by atoms with E-state index in [9.17, 15) is 14.9 Å². The molecule has 3 rings (SSSR count). The Hall–Kier alpha value is -3.81. The summed E-state index contributed by atoms with van der Waals surface area (Å²) in [7, 11) is 0. The molecule has 0 aliphatic carbocycles. The number of rotatable bonds is 8. The summed E-state index contributed by atoms with van der Waals surface area (Å²) in [6, 6.07) is 14.4. The van der Waals surface area contributed by atoms with Crippen LogP contribution in [0.3, 0.4) is 0 Å². The maximum Gasteiger partial charge on any atom is 0.291 e. The minimum Gasteiger partial charge on any atom is -0.491 e. The standard InChI is InChI=1S/C21H20N2O6/c1-14(2)29-19-9-8-17(23(25)26)11-15(19)13-28-18-6-3-5-16(12-18)22-21(24)20-7-4-10-27-20/h3-12,14H,13H2,1-2H3,(H,22,24). The lowest BCUT2D eigenvalue weighted by Gasteiger charge is -2.15. The van der Waals surface area contributed by atoms with Gasteiger partial charge in [0.1, 0.15) is 18.1 Å². The van der Waals surface area contributed by atoms with Crippen LogP contribution in [0.5, 0.6) is 11.5 Å². The molecule has 0 saturated heterocycles. The lowest BCUT2D eigenvalue weighted by Crippen LogP contribution is -2.11. The minimum atomic E-state index is -0.465. The number of non-ortho nitro benzene ring substituents is 1. The maximum atomic E-state index is 12.1. The molecule has 1 aromatic heterocycles. The van der Waals surface area contributed by atoms with Crippen molar-refractivity contribution in [3.05, 3.63) is 82.3 Å². The Kier molecular flexibility index (Phi) is 6.13. The van der Waals surface area contributed by atoms with Gasteiger partial charge in [0.15, 0.2) is 5.76 Å². The van der Waals surface area contributed by atoms with E-state index in [0.717, 1.165) is 0 Å². The third-order valence-corrected chi connectivity index (χ3v) is 3.85. The number of nitrogens with zero attached hydrogens (tertiary/aromatic N) is 1. The fourth-order valence-electron chi connectivity index (χ4n) is 2.59. The van der Waals surface area contributed by atoms with E-state index in [4.69, 9.17) is 13.9 Å². The first-order chi connectivity index (χ1) is 13.9. The van der Waals surface area contributed by atoms with Gasteiger partial charge in [0.2, 0.25) is 0 Å². The summed E-state index contributed by atoms with van der Waals surface area (Å²) in [5.74, 6) is 0.832. The Labute approximate surface area is 167 Å². The van der Waals surface area contributed by atoms with Crippen LogP contribution in [0.1, 0.15) is 30.0 Å². The molecule has 0 bridgehead atoms. The third kappa shape index (κ3) is 5.35. The SMILES string of the molecule is CC(C)Oc1ccc([N+](=O)[O-])cc1COc1cccc(NC(=O)c2ccco2)c1. The molecular formula is C21H20N2O6. The molecule has 0 atom stereocenters. The first-order valence-electron chi connectivity index (χ1n) is 8.94. The Balaban J connectivity index is 1.73. The van der Waals surface area contributed by atoms with Crippen molar-refractivity contribution in [1.82, 2.24) is 0 Å². The average molecular weight is 396 g/mol. The summed E-state index contributed by atoms with van der Waals surface area (Å²) < 4.78 is 16.6. The van der Waals surface area contributed by atoms with Gasteiger partial charge in [-0.2, -0.15) is 0 Å². The number of nitro benzene ring substituents is 1. The molecule has 0 radical (unpaired) electrons. The highest BCUT2D eigenvalue weighted by Gasteiger charge is 2.14. The molecule has 8 nitrogen and oxygen atoms in total. The van der Waals surface area contributed by atoms with Crippen LogP contribution in [0, 0.1) is 10.1 Å². The smallest absolute Gasteiger partial charge is 0.291 e. The number of nitro groups is 1. The molecule has 0 aliphatic heterocycles. The number of benzene rings is 2. The Morgan fingerprint density at radius 3 is 2.69 bits per heavy atom. The summed E-state index contributed by atoms with van der Waals surface area (Å²) in [4.78, 5) is 22.7. The number of carbonyl (C=O) groups is 1. The van der Waals surface area contributed by atoms with E-state index in [1.165, 1.54) is 18.4 Å². The minimum absolute atomic E-state index is 0.0424. The maximum absolute atomic E-state index is 12.1. The Morgan fingerprint density at radius 2 is 2.00 bits per heavy atom. The van der Waals surface area contributed by atoms with E-state index in [1.54, 1.807) is 42.5 Å². The van der Waals surface area contributed by atoms with Gasteiger partial charge in [0.05, 0.1) is 17.3 Å². The molecule has 0 unspecified atom stereocenters. The van der Waals surface area contributed by atoms with Crippen molar-refractivity contribution in [1.29, 1.82) is 0 Å². The fourth-order valence-corrected chi connectivity index (χ4v) is 2.59. The number of amides is 1.